The van der Waals surface area contributed by atoms with Crippen LogP contribution in [0.2, 0.25) is 0 Å². The van der Waals surface area contributed by atoms with Gasteiger partial charge in [0, 0.05) is 19.3 Å². The first-order valence-corrected chi connectivity index (χ1v) is 57.6. The number of rotatable bonds is 26. The molecule has 20 atom stereocenters. The standard InChI is InChI=1S/C18H30N5O3P.C17H28N5O3P.C16H26N5O3P.2C15H24N5O3P.3CH4/c1-5-6-7-12-21-16(19)13-17(22-12)23(10-20-13)18-15(25)14(24)11(26-18)8-9-27(2,3)4;1-5-6-11-20-15(18)12-16(21-11)22(9-19-12)17-14(24)13(23)10(25-17)7-8-26(2,3)4;1-5-10-19-14(17)11-15(20-10)21(8-18-11)16-13(23)12(22)9(24-16)6-7-25(2,3)4;2*1-8-18-13(16)10-14(19-8)20(7-17-10)15-12(22)11(21)9(23-15)5-6-24(2,3)4;;;/h10-11,14-15,18,24-25H,2,5-9H2,1,3-4H3,(H2,19,21,22);9-10,13-14,17,23-24H,2,5-8H2,1,3-4H3,(H2,18,20,21);8-9,12-13,16,22-23H,2,5-7H2,1,3-4H3,(H2,17,19,20);2*7,9,11-12,15,21-22H,2,5-6H2,1,3-4H3,(H2,16,18,19);3*1H4/t11-,14-,15-,18?;10-,13-,14-,17?;9-,12-,13-,16?;2*9-,11-,12-,15?;;;/m11111.../s1. The van der Waals surface area contributed by atoms with E-state index in [1.165, 1.54) is 25.3 Å². The monoisotopic (exact) mass is 1900 g/mol. The van der Waals surface area contributed by atoms with Crippen LogP contribution in [-0.4, -0.2) is 369 Å². The molecule has 5 aliphatic heterocycles. The lowest BCUT2D eigenvalue weighted by Gasteiger charge is -2.18. The molecule has 10 aromatic rings. The summed E-state index contributed by atoms with van der Waals surface area (Å²) in [6.45, 7) is 24.8. The van der Waals surface area contributed by atoms with Crippen LogP contribution >= 0.6 is 34.4 Å². The summed E-state index contributed by atoms with van der Waals surface area (Å²) in [5.74, 6) is 4.39. The highest BCUT2D eigenvalue weighted by molar-refractivity contribution is 7.73. The Morgan fingerprint density at radius 3 is 0.729 bits per heavy atom. The van der Waals surface area contributed by atoms with Crippen LogP contribution in [0.5, 0.6) is 0 Å². The number of aromatic nitrogens is 20. The average Bonchev–Trinajstić information content (AvgIpc) is 1.64. The number of nitrogens with zero attached hydrogens (tertiary/aromatic N) is 20. The Hall–Kier alpha value is -7.35. The van der Waals surface area contributed by atoms with Gasteiger partial charge in [0.25, 0.3) is 0 Å². The lowest BCUT2D eigenvalue weighted by atomic mass is 10.1. The molecule has 0 aromatic carbocycles. The van der Waals surface area contributed by atoms with E-state index >= 15 is 0 Å². The van der Waals surface area contributed by atoms with Gasteiger partial charge in [-0.05, 0) is 156 Å². The number of nitrogens with two attached hydrogens (primary N) is 5. The minimum atomic E-state index is -1.24. The van der Waals surface area contributed by atoms with Crippen molar-refractivity contribution in [2.45, 2.75) is 250 Å². The van der Waals surface area contributed by atoms with E-state index in [2.05, 4.69) is 180 Å². The van der Waals surface area contributed by atoms with Gasteiger partial charge in [0.1, 0.15) is 118 Å². The number of aliphatic hydroxyl groups is 10. The van der Waals surface area contributed by atoms with Crippen LogP contribution in [0.1, 0.15) is 155 Å². The molecule has 45 heteroatoms. The van der Waals surface area contributed by atoms with Gasteiger partial charge < -0.3 is 103 Å². The molecule has 720 valence electrons. The van der Waals surface area contributed by atoms with E-state index < -0.39 is 157 Å². The van der Waals surface area contributed by atoms with Crippen molar-refractivity contribution in [3.8, 4) is 0 Å². The molecule has 5 fully saturated rings. The summed E-state index contributed by atoms with van der Waals surface area (Å²) in [4.78, 5) is 64.4. The van der Waals surface area contributed by atoms with Crippen molar-refractivity contribution in [3.63, 3.8) is 0 Å². The van der Waals surface area contributed by atoms with Crippen molar-refractivity contribution >= 4 is 151 Å². The molecule has 0 bridgehead atoms. The Labute approximate surface area is 756 Å². The van der Waals surface area contributed by atoms with Gasteiger partial charge in [-0.2, -0.15) is 0 Å². The number of hydrogen-bond acceptors (Lipinski definition) is 35. The summed E-state index contributed by atoms with van der Waals surface area (Å²) < 4.78 is 37.9. The van der Waals surface area contributed by atoms with Gasteiger partial charge in [0.15, 0.2) is 88.5 Å². The summed E-state index contributed by atoms with van der Waals surface area (Å²) in [5.41, 5.74) is 34.6. The summed E-state index contributed by atoms with van der Waals surface area (Å²) in [7, 11) is 0. The SMILES string of the molecule is C.C.C.C=P(C)(C)CC[C@H]1OC(n2cnc3c(N)nc(C)nc32)[C@H](O)[C@@H]1O.C=P(C)(C)CC[C@H]1OC(n2cnc3c(N)nc(C)nc32)[C@H](O)[C@@H]1O.C=P(C)(C)CC[C@H]1OC(n2cnc3c(N)nc(CC)nc32)[C@H](O)[C@@H]1O.C=P(C)(C)CC[C@H]1OC(n2cnc3c(N)nc(CCC)nc32)[C@H](O)[C@@H]1O.C=P(C)(C)CC[C@H]1OC(n2cnc3c(N)nc(CCCC)nc32)[C@H](O)[C@@H]1O. The number of hydrogen-bond donors (Lipinski definition) is 15. The number of fused-ring (bicyclic) bond motifs is 5. The smallest absolute Gasteiger partial charge is 0.167 e. The third kappa shape index (κ3) is 25.8. The molecule has 40 nitrogen and oxygen atoms in total. The van der Waals surface area contributed by atoms with Crippen molar-refractivity contribution in [1.82, 2.24) is 97.6 Å². The van der Waals surface area contributed by atoms with Gasteiger partial charge >= 0.3 is 0 Å². The summed E-state index contributed by atoms with van der Waals surface area (Å²) in [6.07, 6.45) is 25.1. The Balaban J connectivity index is 0.000000198. The quantitative estimate of drug-likeness (QED) is 0.0276. The molecule has 0 spiro atoms. The fourth-order valence-corrected chi connectivity index (χ4v) is 20.1. The van der Waals surface area contributed by atoms with Gasteiger partial charge in [-0.3, -0.25) is 22.8 Å². The van der Waals surface area contributed by atoms with Crippen LogP contribution in [0.25, 0.3) is 55.8 Å². The van der Waals surface area contributed by atoms with Crippen LogP contribution in [0.3, 0.4) is 0 Å². The van der Waals surface area contributed by atoms with E-state index in [1.54, 1.807) is 43.0 Å². The largest absolute Gasteiger partial charge is 0.388 e. The van der Waals surface area contributed by atoms with Crippen LogP contribution in [0, 0.1) is 13.8 Å². The van der Waals surface area contributed by atoms with Crippen LogP contribution < -0.4 is 28.7 Å². The van der Waals surface area contributed by atoms with E-state index in [-0.39, 0.29) is 33.9 Å². The first-order chi connectivity index (χ1) is 59.0. The van der Waals surface area contributed by atoms with E-state index in [4.69, 9.17) is 52.4 Å². The molecule has 0 amide bonds. The second kappa shape index (κ2) is 43.8. The van der Waals surface area contributed by atoms with Crippen molar-refractivity contribution < 1.29 is 74.7 Å². The first kappa shape index (κ1) is 107. The maximum absolute atomic E-state index is 10.6. The molecule has 10 aromatic heterocycles. The average molecular weight is 1900 g/mol. The molecule has 0 radical (unpaired) electrons. The lowest BCUT2D eigenvalue weighted by Crippen LogP contribution is -2.31. The molecule has 129 heavy (non-hydrogen) atoms. The van der Waals surface area contributed by atoms with E-state index in [1.807, 2.05) is 13.8 Å². The van der Waals surface area contributed by atoms with E-state index in [9.17, 15) is 51.1 Å². The van der Waals surface area contributed by atoms with Crippen molar-refractivity contribution in [2.24, 2.45) is 0 Å². The fraction of sp³-hybridized carbons (Fsp3) is 0.643. The first-order valence-electron chi connectivity index (χ1n) is 42.3. The molecule has 15 heterocycles. The van der Waals surface area contributed by atoms with Crippen LogP contribution in [0.4, 0.5) is 29.1 Å². The van der Waals surface area contributed by atoms with Gasteiger partial charge in [0.05, 0.1) is 62.2 Å². The fourth-order valence-electron chi connectivity index (χ4n) is 15.3. The maximum Gasteiger partial charge on any atom is 0.167 e. The van der Waals surface area contributed by atoms with Crippen molar-refractivity contribution in [3.05, 3.63) is 60.8 Å². The molecule has 15 rings (SSSR count). The topological polar surface area (TPSA) is 597 Å². The third-order valence-corrected chi connectivity index (χ3v) is 29.6. The number of nitrogen functional groups attached to an aromatic ring is 5. The Morgan fingerprint density at radius 1 is 0.302 bits per heavy atom. The van der Waals surface area contributed by atoms with Crippen LogP contribution in [-0.2, 0) is 42.9 Å². The van der Waals surface area contributed by atoms with Gasteiger partial charge in [-0.1, -0.05) is 49.5 Å². The minimum absolute atomic E-state index is 0. The Bertz CT molecular complexity index is 5550. The molecule has 0 aliphatic carbocycles. The zero-order valence-corrected chi connectivity index (χ0v) is 79.3. The van der Waals surface area contributed by atoms with E-state index in [0.717, 1.165) is 56.5 Å². The highest BCUT2D eigenvalue weighted by Crippen LogP contribution is 2.46. The Morgan fingerprint density at radius 2 is 0.512 bits per heavy atom. The highest BCUT2D eigenvalue weighted by Gasteiger charge is 2.49. The molecule has 0 saturated carbocycles. The lowest BCUT2D eigenvalue weighted by molar-refractivity contribution is -0.0353. The second-order valence-corrected chi connectivity index (χ2v) is 58.3. The minimum Gasteiger partial charge on any atom is -0.388 e. The van der Waals surface area contributed by atoms with Crippen LogP contribution in [0.15, 0.2) is 31.6 Å². The molecular formula is C84H144N25O15P5. The van der Waals surface area contributed by atoms with Crippen molar-refractivity contribution in [2.75, 3.05) is 126 Å². The highest BCUT2D eigenvalue weighted by atomic mass is 31.2. The zero-order chi connectivity index (χ0) is 92.5. The predicted molar refractivity (Wildman–Crippen MR) is 527 cm³/mol. The number of aliphatic hydroxyl groups excluding tert-OH is 10. The van der Waals surface area contributed by atoms with Gasteiger partial charge in [-0.25, -0.2) is 74.8 Å². The summed E-state index contributed by atoms with van der Waals surface area (Å²) in [6, 6.07) is 0. The molecule has 5 aliphatic rings. The Kier molecular flexibility index (Phi) is 36.3. The molecule has 5 unspecified atom stereocenters. The third-order valence-electron chi connectivity index (χ3n) is 22.3. The molecule has 20 N–H and O–H groups in total. The second-order valence-electron chi connectivity index (χ2n) is 36.7. The maximum atomic E-state index is 10.6. The van der Waals surface area contributed by atoms with Gasteiger partial charge in [-0.15, -0.1) is 65.9 Å². The summed E-state index contributed by atoms with van der Waals surface area (Å²) >= 11 is 0. The predicted octanol–water partition coefficient (Wildman–Crippen LogP) is 6.02. The van der Waals surface area contributed by atoms with Gasteiger partial charge in [0.2, 0.25) is 0 Å². The normalized spacial score (nSPS) is 26.5. The summed E-state index contributed by atoms with van der Waals surface area (Å²) in [5, 5.41) is 104. The molecule has 5 saturated heterocycles. The zero-order valence-electron chi connectivity index (χ0n) is 74.9. The number of ether oxygens (including phenoxy) is 5. The van der Waals surface area contributed by atoms with E-state index in [0.29, 0.717) is 147 Å². The number of aryl methyl sites for hydroxylation is 5. The van der Waals surface area contributed by atoms with Crippen molar-refractivity contribution in [1.29, 1.82) is 0 Å². The molecular weight excluding hydrogens is 1750 g/mol. The number of unbranched alkanes of at least 4 members (excludes halogenated alkanes) is 1. The number of imidazole rings is 5. The number of anilines is 5.